The van der Waals surface area contributed by atoms with Gasteiger partial charge in [0.05, 0.1) is 5.69 Å². The quantitative estimate of drug-likeness (QED) is 0.755. The van der Waals surface area contributed by atoms with E-state index in [0.717, 1.165) is 0 Å². The first kappa shape index (κ1) is 9.23. The summed E-state index contributed by atoms with van der Waals surface area (Å²) in [5.41, 5.74) is 3.46. The molecule has 0 spiro atoms. The molecule has 1 fully saturated rings. The molecule has 1 aliphatic carbocycles. The molecule has 2 rings (SSSR count). The fourth-order valence-electron chi connectivity index (χ4n) is 1.41. The molecular weight excluding hydrogens is 195 g/mol. The van der Waals surface area contributed by atoms with E-state index in [1.54, 1.807) is 0 Å². The Balaban J connectivity index is 2.36. The van der Waals surface area contributed by atoms with Gasteiger partial charge in [-0.25, -0.2) is 0 Å². The lowest BCUT2D eigenvalue weighted by atomic mass is 10.0. The van der Waals surface area contributed by atoms with Crippen molar-refractivity contribution >= 4 is 5.82 Å². The molecule has 76 valence electrons. The summed E-state index contributed by atoms with van der Waals surface area (Å²) in [6.45, 7) is 0. The molecule has 14 heavy (non-hydrogen) atoms. The van der Waals surface area contributed by atoms with Gasteiger partial charge in [0, 0.05) is 0 Å². The fourth-order valence-corrected chi connectivity index (χ4v) is 1.41. The third-order valence-electron chi connectivity index (χ3n) is 2.47. The van der Waals surface area contributed by atoms with Crippen LogP contribution in [0.4, 0.5) is 19.0 Å². The topological polar surface area (TPSA) is 51.8 Å². The Bertz CT molecular complexity index is 340. The maximum Gasteiger partial charge on any atom is 0.400 e. The monoisotopic (exact) mass is 203 g/mol. The number of nitrogen functional groups attached to an aromatic ring is 1. The lowest BCUT2D eigenvalue weighted by Gasteiger charge is -2.17. The van der Waals surface area contributed by atoms with Crippen LogP contribution in [0.2, 0.25) is 0 Å². The van der Waals surface area contributed by atoms with Crippen LogP contribution >= 0.6 is 0 Å². The molecular formula is C8H8F3N3. The number of halogens is 3. The van der Waals surface area contributed by atoms with Gasteiger partial charge in [-0.15, -0.1) is 5.10 Å². The van der Waals surface area contributed by atoms with Gasteiger partial charge in [0.25, 0.3) is 0 Å². The Morgan fingerprint density at radius 2 is 1.86 bits per heavy atom. The van der Waals surface area contributed by atoms with Gasteiger partial charge in [-0.1, -0.05) is 0 Å². The summed E-state index contributed by atoms with van der Waals surface area (Å²) < 4.78 is 37.7. The van der Waals surface area contributed by atoms with Crippen molar-refractivity contribution in [1.82, 2.24) is 10.2 Å². The standard InChI is InChI=1S/C8H8F3N3/c9-8(10,11)7(3-4-7)5-1-2-6(12)14-13-5/h1-2H,3-4H2,(H2,12,14). The van der Waals surface area contributed by atoms with Crippen molar-refractivity contribution in [1.29, 1.82) is 0 Å². The second kappa shape index (κ2) is 2.59. The molecule has 1 aromatic heterocycles. The van der Waals surface area contributed by atoms with Crippen molar-refractivity contribution in [3.63, 3.8) is 0 Å². The number of nitrogens with two attached hydrogens (primary N) is 1. The van der Waals surface area contributed by atoms with Crippen molar-refractivity contribution < 1.29 is 13.2 Å². The van der Waals surface area contributed by atoms with Gasteiger partial charge in [0.2, 0.25) is 0 Å². The van der Waals surface area contributed by atoms with E-state index >= 15 is 0 Å². The average molecular weight is 203 g/mol. The molecule has 0 saturated heterocycles. The largest absolute Gasteiger partial charge is 0.400 e. The van der Waals surface area contributed by atoms with E-state index in [0.29, 0.717) is 0 Å². The summed E-state index contributed by atoms with van der Waals surface area (Å²) in [6, 6.07) is 2.64. The number of nitrogens with zero attached hydrogens (tertiary/aromatic N) is 2. The highest BCUT2D eigenvalue weighted by atomic mass is 19.4. The number of hydrogen-bond donors (Lipinski definition) is 1. The second-order valence-electron chi connectivity index (χ2n) is 3.42. The molecule has 3 nitrogen and oxygen atoms in total. The molecule has 1 aromatic rings. The highest BCUT2D eigenvalue weighted by Crippen LogP contribution is 2.58. The maximum absolute atomic E-state index is 12.6. The first-order valence-electron chi connectivity index (χ1n) is 4.12. The van der Waals surface area contributed by atoms with Gasteiger partial charge in [-0.3, -0.25) is 0 Å². The molecule has 2 N–H and O–H groups in total. The summed E-state index contributed by atoms with van der Waals surface area (Å²) in [5.74, 6) is 0.131. The second-order valence-corrected chi connectivity index (χ2v) is 3.42. The fraction of sp³-hybridized carbons (Fsp3) is 0.500. The van der Waals surface area contributed by atoms with E-state index in [1.165, 1.54) is 12.1 Å². The third-order valence-corrected chi connectivity index (χ3v) is 2.47. The number of rotatable bonds is 1. The maximum atomic E-state index is 12.6. The Labute approximate surface area is 78.1 Å². The van der Waals surface area contributed by atoms with Crippen LogP contribution in [0, 0.1) is 0 Å². The summed E-state index contributed by atoms with van der Waals surface area (Å²) in [6.07, 6.45) is -4.05. The van der Waals surface area contributed by atoms with Crippen LogP contribution in [-0.4, -0.2) is 16.4 Å². The zero-order valence-corrected chi connectivity index (χ0v) is 7.17. The van der Waals surface area contributed by atoms with Gasteiger partial charge in [0.1, 0.15) is 11.2 Å². The zero-order valence-electron chi connectivity index (χ0n) is 7.17. The van der Waals surface area contributed by atoms with Crippen molar-refractivity contribution in [2.24, 2.45) is 0 Å². The van der Waals surface area contributed by atoms with E-state index in [4.69, 9.17) is 5.73 Å². The molecule has 0 aromatic carbocycles. The van der Waals surface area contributed by atoms with Crippen LogP contribution in [0.15, 0.2) is 12.1 Å². The minimum atomic E-state index is -4.24. The lowest BCUT2D eigenvalue weighted by molar-refractivity contribution is -0.161. The minimum Gasteiger partial charge on any atom is -0.382 e. The highest BCUT2D eigenvalue weighted by molar-refractivity contribution is 5.32. The van der Waals surface area contributed by atoms with Crippen LogP contribution < -0.4 is 5.73 Å². The number of hydrogen-bond acceptors (Lipinski definition) is 3. The van der Waals surface area contributed by atoms with Crippen molar-refractivity contribution in [2.75, 3.05) is 5.73 Å². The van der Waals surface area contributed by atoms with Gasteiger partial charge in [0.15, 0.2) is 0 Å². The number of aromatic nitrogens is 2. The molecule has 0 radical (unpaired) electrons. The summed E-state index contributed by atoms with van der Waals surface area (Å²) >= 11 is 0. The summed E-state index contributed by atoms with van der Waals surface area (Å²) in [5, 5.41) is 6.91. The first-order chi connectivity index (χ1) is 6.46. The van der Waals surface area contributed by atoms with Crippen LogP contribution in [0.25, 0.3) is 0 Å². The van der Waals surface area contributed by atoms with Gasteiger partial charge in [-0.05, 0) is 25.0 Å². The summed E-state index contributed by atoms with van der Waals surface area (Å²) in [4.78, 5) is 0. The van der Waals surface area contributed by atoms with E-state index in [-0.39, 0.29) is 24.4 Å². The van der Waals surface area contributed by atoms with Crippen molar-refractivity contribution in [2.45, 2.75) is 24.4 Å². The van der Waals surface area contributed by atoms with Crippen molar-refractivity contribution in [3.8, 4) is 0 Å². The van der Waals surface area contributed by atoms with Gasteiger partial charge < -0.3 is 5.73 Å². The molecule has 6 heteroatoms. The summed E-state index contributed by atoms with van der Waals surface area (Å²) in [7, 11) is 0. The Hall–Kier alpha value is -1.33. The molecule has 1 saturated carbocycles. The first-order valence-corrected chi connectivity index (χ1v) is 4.12. The number of alkyl halides is 3. The predicted octanol–water partition coefficient (Wildman–Crippen LogP) is 1.65. The highest BCUT2D eigenvalue weighted by Gasteiger charge is 2.65. The third kappa shape index (κ3) is 1.21. The molecule has 0 atom stereocenters. The normalized spacial score (nSPS) is 19.4. The van der Waals surface area contributed by atoms with Crippen LogP contribution in [0.5, 0.6) is 0 Å². The average Bonchev–Trinajstić information content (AvgIpc) is 2.84. The van der Waals surface area contributed by atoms with Crippen LogP contribution in [0.3, 0.4) is 0 Å². The smallest absolute Gasteiger partial charge is 0.382 e. The Kier molecular flexibility index (Phi) is 1.71. The van der Waals surface area contributed by atoms with Crippen LogP contribution in [-0.2, 0) is 5.41 Å². The van der Waals surface area contributed by atoms with Gasteiger partial charge >= 0.3 is 6.18 Å². The van der Waals surface area contributed by atoms with E-state index < -0.39 is 11.6 Å². The SMILES string of the molecule is Nc1ccc(C2(C(F)(F)F)CC2)nn1. The zero-order chi connectivity index (χ0) is 10.4. The molecule has 0 bridgehead atoms. The molecule has 0 unspecified atom stereocenters. The lowest BCUT2D eigenvalue weighted by Crippen LogP contribution is -2.29. The molecule has 1 aliphatic rings. The molecule has 1 heterocycles. The Morgan fingerprint density at radius 3 is 2.21 bits per heavy atom. The predicted molar refractivity (Wildman–Crippen MR) is 43.4 cm³/mol. The van der Waals surface area contributed by atoms with Gasteiger partial charge in [-0.2, -0.15) is 18.3 Å². The Morgan fingerprint density at radius 1 is 1.21 bits per heavy atom. The minimum absolute atomic E-state index is 0.0285. The van der Waals surface area contributed by atoms with Crippen LogP contribution in [0.1, 0.15) is 18.5 Å². The molecule has 0 amide bonds. The van der Waals surface area contributed by atoms with E-state index in [9.17, 15) is 13.2 Å². The van der Waals surface area contributed by atoms with E-state index in [2.05, 4.69) is 10.2 Å². The van der Waals surface area contributed by atoms with E-state index in [1.807, 2.05) is 0 Å². The van der Waals surface area contributed by atoms with Crippen molar-refractivity contribution in [3.05, 3.63) is 17.8 Å². The molecule has 0 aliphatic heterocycles. The number of anilines is 1.